The lowest BCUT2D eigenvalue weighted by atomic mass is 10.2. The zero-order valence-corrected chi connectivity index (χ0v) is 6.92. The molecule has 2 heterocycles. The van der Waals surface area contributed by atoms with Gasteiger partial charge in [-0.1, -0.05) is 0 Å². The van der Waals surface area contributed by atoms with E-state index in [-0.39, 0.29) is 0 Å². The van der Waals surface area contributed by atoms with Crippen molar-refractivity contribution < 1.29 is 0 Å². The second kappa shape index (κ2) is 3.52. The Kier molecular flexibility index (Phi) is 2.41. The summed E-state index contributed by atoms with van der Waals surface area (Å²) in [6.07, 6.45) is 3.35. The number of hydrogen-bond acceptors (Lipinski definition) is 2. The number of piperazine rings is 1. The molecule has 11 heavy (non-hydrogen) atoms. The van der Waals surface area contributed by atoms with Crippen LogP contribution in [0.1, 0.15) is 12.8 Å². The molecule has 0 spiro atoms. The van der Waals surface area contributed by atoms with Crippen LogP contribution in [0.3, 0.4) is 0 Å². The van der Waals surface area contributed by atoms with Crippen LogP contribution >= 0.6 is 0 Å². The Morgan fingerprint density at radius 1 is 1.27 bits per heavy atom. The van der Waals surface area contributed by atoms with E-state index in [2.05, 4.69) is 15.5 Å². The minimum absolute atomic E-state index is 0.672. The van der Waals surface area contributed by atoms with Crippen molar-refractivity contribution in [3.63, 3.8) is 0 Å². The Morgan fingerprint density at radius 2 is 2.09 bits per heavy atom. The maximum absolute atomic E-state index is 4.33. The molecule has 2 fully saturated rings. The van der Waals surface area contributed by atoms with Crippen LogP contribution in [0.15, 0.2) is 0 Å². The molecule has 0 amide bonds. The van der Waals surface area contributed by atoms with Gasteiger partial charge in [0.15, 0.2) is 0 Å². The summed E-state index contributed by atoms with van der Waals surface area (Å²) >= 11 is 0. The van der Waals surface area contributed by atoms with Gasteiger partial charge in [0.1, 0.15) is 0 Å². The Morgan fingerprint density at radius 3 is 2.73 bits per heavy atom. The molecule has 0 bridgehead atoms. The molecule has 0 aromatic carbocycles. The molecule has 2 saturated heterocycles. The predicted molar refractivity (Wildman–Crippen MR) is 44.5 cm³/mol. The average Bonchev–Trinajstić information content (AvgIpc) is 2.58. The van der Waals surface area contributed by atoms with Gasteiger partial charge in [0.25, 0.3) is 0 Å². The molecule has 1 N–H and O–H groups in total. The summed E-state index contributed by atoms with van der Waals surface area (Å²) in [7, 11) is 0. The van der Waals surface area contributed by atoms with E-state index in [1.165, 1.54) is 19.4 Å². The molecule has 1 atom stereocenters. The highest BCUT2D eigenvalue weighted by Crippen LogP contribution is 2.10. The largest absolute Gasteiger partial charge is 0.302 e. The van der Waals surface area contributed by atoms with Gasteiger partial charge in [-0.15, -0.1) is 0 Å². The summed E-state index contributed by atoms with van der Waals surface area (Å²) in [5.74, 6) is 0. The van der Waals surface area contributed by atoms with E-state index in [1.807, 2.05) is 0 Å². The molecule has 3 nitrogen and oxygen atoms in total. The fraction of sp³-hybridized carbons (Fsp3) is 1.00. The maximum atomic E-state index is 4.33. The lowest BCUT2D eigenvalue weighted by Gasteiger charge is -2.31. The highest BCUT2D eigenvalue weighted by Gasteiger charge is 2.22. The lowest BCUT2D eigenvalue weighted by molar-refractivity contribution is 0.159. The van der Waals surface area contributed by atoms with Gasteiger partial charge in [-0.2, -0.15) is 0 Å². The summed E-state index contributed by atoms with van der Waals surface area (Å²) in [6, 6.07) is 0. The van der Waals surface area contributed by atoms with Gasteiger partial charge in [-0.05, 0) is 19.4 Å². The van der Waals surface area contributed by atoms with Crippen molar-refractivity contribution >= 4 is 0 Å². The Bertz CT molecular complexity index is 115. The molecule has 0 aliphatic carbocycles. The smallest absolute Gasteiger partial charge is 0.0598 e. The Labute approximate surface area is 68.1 Å². The minimum atomic E-state index is 0.672. The summed E-state index contributed by atoms with van der Waals surface area (Å²) in [4.78, 5) is 2.53. The molecule has 0 saturated carbocycles. The molecule has 1 unspecified atom stereocenters. The molecule has 1 radical (unpaired) electrons. The third-order valence-electron chi connectivity index (χ3n) is 2.57. The highest BCUT2D eigenvalue weighted by molar-refractivity contribution is 4.78. The van der Waals surface area contributed by atoms with Gasteiger partial charge in [-0.25, -0.2) is 5.32 Å². The number of nitrogens with zero attached hydrogens (tertiary/aromatic N) is 2. The normalized spacial score (nSPS) is 34.4. The van der Waals surface area contributed by atoms with Gasteiger partial charge in [0.05, 0.1) is 6.17 Å². The molecular weight excluding hydrogens is 138 g/mol. The van der Waals surface area contributed by atoms with Crippen molar-refractivity contribution in [1.82, 2.24) is 15.5 Å². The van der Waals surface area contributed by atoms with E-state index in [0.29, 0.717) is 6.17 Å². The molecule has 2 aliphatic heterocycles. The maximum Gasteiger partial charge on any atom is 0.0598 e. The molecule has 2 aliphatic rings. The molecule has 0 aromatic heterocycles. The fourth-order valence-electron chi connectivity index (χ4n) is 1.91. The third-order valence-corrected chi connectivity index (χ3v) is 2.57. The summed E-state index contributed by atoms with van der Waals surface area (Å²) < 4.78 is 0. The first-order valence-electron chi connectivity index (χ1n) is 4.57. The molecule has 63 valence electrons. The molecular formula is C8H16N3. The Balaban J connectivity index is 1.82. The summed E-state index contributed by atoms with van der Waals surface area (Å²) in [5, 5.41) is 7.84. The van der Waals surface area contributed by atoms with E-state index < -0.39 is 0 Å². The monoisotopic (exact) mass is 154 g/mol. The van der Waals surface area contributed by atoms with Crippen molar-refractivity contribution in [2.75, 3.05) is 32.7 Å². The zero-order chi connectivity index (χ0) is 7.52. The van der Waals surface area contributed by atoms with Crippen LogP contribution in [0.25, 0.3) is 0 Å². The van der Waals surface area contributed by atoms with Crippen LogP contribution < -0.4 is 10.6 Å². The minimum Gasteiger partial charge on any atom is -0.302 e. The number of hydrogen-bond donors (Lipinski definition) is 1. The van der Waals surface area contributed by atoms with Crippen molar-refractivity contribution in [3.05, 3.63) is 0 Å². The quantitative estimate of drug-likeness (QED) is 0.557. The van der Waals surface area contributed by atoms with Crippen molar-refractivity contribution in [2.24, 2.45) is 0 Å². The SMILES string of the molecule is C1CNC(N2CC[N]CC2)C1. The first kappa shape index (κ1) is 7.53. The van der Waals surface area contributed by atoms with E-state index in [9.17, 15) is 0 Å². The van der Waals surface area contributed by atoms with Crippen LogP contribution in [0.2, 0.25) is 0 Å². The van der Waals surface area contributed by atoms with Crippen LogP contribution in [-0.2, 0) is 0 Å². The van der Waals surface area contributed by atoms with Gasteiger partial charge in [0.2, 0.25) is 0 Å². The van der Waals surface area contributed by atoms with Crippen LogP contribution in [0.4, 0.5) is 0 Å². The summed E-state index contributed by atoms with van der Waals surface area (Å²) in [5.41, 5.74) is 0. The second-order valence-electron chi connectivity index (χ2n) is 3.32. The lowest BCUT2D eigenvalue weighted by Crippen LogP contribution is -2.49. The van der Waals surface area contributed by atoms with Crippen molar-refractivity contribution in [1.29, 1.82) is 0 Å². The fourth-order valence-corrected chi connectivity index (χ4v) is 1.91. The Hall–Kier alpha value is -0.120. The van der Waals surface area contributed by atoms with Gasteiger partial charge >= 0.3 is 0 Å². The predicted octanol–water partition coefficient (Wildman–Crippen LogP) is -0.384. The summed E-state index contributed by atoms with van der Waals surface area (Å²) in [6.45, 7) is 5.62. The van der Waals surface area contributed by atoms with Crippen molar-refractivity contribution in [3.8, 4) is 0 Å². The molecule has 3 heteroatoms. The first-order chi connectivity index (χ1) is 5.47. The second-order valence-corrected chi connectivity index (χ2v) is 3.32. The van der Waals surface area contributed by atoms with E-state index in [1.54, 1.807) is 0 Å². The standard InChI is InChI=1S/C8H16N3/c1-2-8(10-3-1)11-6-4-9-5-7-11/h8,10H,1-7H2. The first-order valence-corrected chi connectivity index (χ1v) is 4.57. The van der Waals surface area contributed by atoms with Crippen LogP contribution in [0, 0.1) is 0 Å². The molecule has 0 aromatic rings. The van der Waals surface area contributed by atoms with Crippen LogP contribution in [-0.4, -0.2) is 43.8 Å². The average molecular weight is 154 g/mol. The topological polar surface area (TPSA) is 29.4 Å². The zero-order valence-electron chi connectivity index (χ0n) is 6.92. The van der Waals surface area contributed by atoms with Crippen LogP contribution in [0.5, 0.6) is 0 Å². The van der Waals surface area contributed by atoms with E-state index in [4.69, 9.17) is 0 Å². The number of rotatable bonds is 1. The van der Waals surface area contributed by atoms with Gasteiger partial charge in [0, 0.05) is 26.2 Å². The highest BCUT2D eigenvalue weighted by atomic mass is 15.3. The van der Waals surface area contributed by atoms with Gasteiger partial charge in [-0.3, -0.25) is 4.90 Å². The van der Waals surface area contributed by atoms with Crippen molar-refractivity contribution in [2.45, 2.75) is 19.0 Å². The van der Waals surface area contributed by atoms with E-state index >= 15 is 0 Å². The number of nitrogens with one attached hydrogen (secondary N) is 1. The van der Waals surface area contributed by atoms with Gasteiger partial charge < -0.3 is 5.32 Å². The van der Waals surface area contributed by atoms with E-state index in [0.717, 1.165) is 26.2 Å². The third kappa shape index (κ3) is 1.72. The molecule has 2 rings (SSSR count).